The molecule has 26 heavy (non-hydrogen) atoms. The van der Waals surface area contributed by atoms with Crippen LogP contribution in [0.25, 0.3) is 11.0 Å². The molecule has 0 unspecified atom stereocenters. The molecule has 0 aliphatic carbocycles. The highest BCUT2D eigenvalue weighted by Gasteiger charge is 2.10. The van der Waals surface area contributed by atoms with Gasteiger partial charge in [-0.05, 0) is 37.5 Å². The third-order valence-corrected chi connectivity index (χ3v) is 4.34. The monoisotopic (exact) mass is 350 g/mol. The number of hydrogen-bond acceptors (Lipinski definition) is 4. The van der Waals surface area contributed by atoms with Crippen LogP contribution in [0.4, 0.5) is 0 Å². The molecule has 0 fully saturated rings. The normalized spacial score (nSPS) is 10.8. The fourth-order valence-electron chi connectivity index (χ4n) is 2.85. The predicted molar refractivity (Wildman–Crippen MR) is 102 cm³/mol. The Balaban J connectivity index is 1.77. The van der Waals surface area contributed by atoms with E-state index >= 15 is 0 Å². The minimum atomic E-state index is -0.364. The molecular formula is C22H22O4. The summed E-state index contributed by atoms with van der Waals surface area (Å²) in [4.78, 5) is 24.0. The van der Waals surface area contributed by atoms with Crippen LogP contribution in [0.2, 0.25) is 0 Å². The molecule has 2 aromatic carbocycles. The van der Waals surface area contributed by atoms with Crippen molar-refractivity contribution in [2.45, 2.75) is 33.1 Å². The number of Topliss-reactive ketones (excluding diaryl/α,β-unsaturated/α-hetero) is 1. The van der Waals surface area contributed by atoms with E-state index in [1.165, 1.54) is 0 Å². The van der Waals surface area contributed by atoms with Crippen LogP contribution in [-0.2, 0) is 6.42 Å². The van der Waals surface area contributed by atoms with E-state index in [1.54, 1.807) is 30.3 Å². The second-order valence-electron chi connectivity index (χ2n) is 6.43. The molecule has 0 aliphatic rings. The zero-order chi connectivity index (χ0) is 18.5. The first-order chi connectivity index (χ1) is 12.6. The molecule has 0 atom stereocenters. The van der Waals surface area contributed by atoms with Gasteiger partial charge in [0.05, 0.1) is 0 Å². The molecule has 0 radical (unpaired) electrons. The molecule has 4 nitrogen and oxygen atoms in total. The summed E-state index contributed by atoms with van der Waals surface area (Å²) in [5, 5.41) is 0.912. The summed E-state index contributed by atoms with van der Waals surface area (Å²) in [7, 11) is 0. The number of ether oxygens (including phenoxy) is 1. The Morgan fingerprint density at radius 2 is 1.85 bits per heavy atom. The van der Waals surface area contributed by atoms with Gasteiger partial charge in [0.1, 0.15) is 11.3 Å². The van der Waals surface area contributed by atoms with Crippen LogP contribution in [0.1, 0.15) is 41.3 Å². The largest absolute Gasteiger partial charge is 0.485 e. The summed E-state index contributed by atoms with van der Waals surface area (Å²) in [6.07, 6.45) is 2.91. The van der Waals surface area contributed by atoms with Crippen LogP contribution in [0.3, 0.4) is 0 Å². The number of ketones is 1. The van der Waals surface area contributed by atoms with E-state index in [0.717, 1.165) is 35.8 Å². The van der Waals surface area contributed by atoms with E-state index in [-0.39, 0.29) is 18.0 Å². The highest BCUT2D eigenvalue weighted by Crippen LogP contribution is 2.24. The summed E-state index contributed by atoms with van der Waals surface area (Å²) in [6.45, 7) is 4.03. The molecule has 0 amide bonds. The van der Waals surface area contributed by atoms with E-state index in [0.29, 0.717) is 16.9 Å². The van der Waals surface area contributed by atoms with Crippen molar-refractivity contribution >= 4 is 16.8 Å². The number of rotatable bonds is 7. The second-order valence-corrected chi connectivity index (χ2v) is 6.43. The minimum Gasteiger partial charge on any atom is -0.485 e. The Bertz CT molecular complexity index is 968. The first-order valence-electron chi connectivity index (χ1n) is 8.86. The Kier molecular flexibility index (Phi) is 5.52. The Labute approximate surface area is 152 Å². The van der Waals surface area contributed by atoms with Gasteiger partial charge in [-0.2, -0.15) is 0 Å². The predicted octanol–water partition coefficient (Wildman–Crippen LogP) is 4.71. The van der Waals surface area contributed by atoms with Crippen LogP contribution < -0.4 is 10.4 Å². The number of aryl methyl sites for hydroxylation is 2. The SMILES string of the molecule is CCCCc1cc(=O)oc2cc(OCC(=O)c3ccc(C)cc3)ccc12. The lowest BCUT2D eigenvalue weighted by Gasteiger charge is -2.08. The van der Waals surface area contributed by atoms with Crippen LogP contribution in [0.5, 0.6) is 5.75 Å². The van der Waals surface area contributed by atoms with Gasteiger partial charge in [0, 0.05) is 23.1 Å². The third-order valence-electron chi connectivity index (χ3n) is 4.34. The summed E-state index contributed by atoms with van der Waals surface area (Å²) in [5.41, 5.74) is 2.83. The summed E-state index contributed by atoms with van der Waals surface area (Å²) in [6, 6.07) is 14.3. The lowest BCUT2D eigenvalue weighted by molar-refractivity contribution is 0.0921. The van der Waals surface area contributed by atoms with Gasteiger partial charge in [-0.15, -0.1) is 0 Å². The van der Waals surface area contributed by atoms with E-state index in [9.17, 15) is 9.59 Å². The Hall–Kier alpha value is -2.88. The average molecular weight is 350 g/mol. The van der Waals surface area contributed by atoms with Crippen molar-refractivity contribution in [3.63, 3.8) is 0 Å². The van der Waals surface area contributed by atoms with Crippen LogP contribution in [-0.4, -0.2) is 12.4 Å². The van der Waals surface area contributed by atoms with Gasteiger partial charge < -0.3 is 9.15 Å². The molecule has 1 heterocycles. The maximum atomic E-state index is 12.2. The van der Waals surface area contributed by atoms with Gasteiger partial charge >= 0.3 is 5.63 Å². The molecule has 134 valence electrons. The molecule has 0 aliphatic heterocycles. The van der Waals surface area contributed by atoms with Gasteiger partial charge in [0.2, 0.25) is 0 Å². The van der Waals surface area contributed by atoms with Gasteiger partial charge in [0.25, 0.3) is 0 Å². The molecule has 3 rings (SSSR count). The number of carbonyl (C=O) groups is 1. The lowest BCUT2D eigenvalue weighted by Crippen LogP contribution is -2.11. The van der Waals surface area contributed by atoms with Crippen molar-refractivity contribution in [1.29, 1.82) is 0 Å². The Morgan fingerprint density at radius 1 is 1.08 bits per heavy atom. The molecular weight excluding hydrogens is 328 g/mol. The molecule has 1 aromatic heterocycles. The molecule has 3 aromatic rings. The van der Waals surface area contributed by atoms with Crippen LogP contribution in [0.15, 0.2) is 57.7 Å². The third kappa shape index (κ3) is 4.20. The quantitative estimate of drug-likeness (QED) is 0.457. The number of hydrogen-bond donors (Lipinski definition) is 0. The van der Waals surface area contributed by atoms with Crippen molar-refractivity contribution in [3.8, 4) is 5.75 Å². The summed E-state index contributed by atoms with van der Waals surface area (Å²) < 4.78 is 10.9. The lowest BCUT2D eigenvalue weighted by atomic mass is 10.0. The zero-order valence-electron chi connectivity index (χ0n) is 15.1. The smallest absolute Gasteiger partial charge is 0.336 e. The van der Waals surface area contributed by atoms with Gasteiger partial charge in [-0.1, -0.05) is 43.2 Å². The number of benzene rings is 2. The molecule has 4 heteroatoms. The van der Waals surface area contributed by atoms with E-state index in [2.05, 4.69) is 6.92 Å². The van der Waals surface area contributed by atoms with Crippen molar-refractivity contribution in [3.05, 3.63) is 75.6 Å². The van der Waals surface area contributed by atoms with Crippen molar-refractivity contribution < 1.29 is 13.9 Å². The van der Waals surface area contributed by atoms with Gasteiger partial charge in [-0.3, -0.25) is 4.79 Å². The number of carbonyl (C=O) groups excluding carboxylic acids is 1. The first kappa shape index (κ1) is 17.9. The number of unbranched alkanes of at least 4 members (excludes halogenated alkanes) is 1. The average Bonchev–Trinajstić information content (AvgIpc) is 2.64. The van der Waals surface area contributed by atoms with E-state index in [1.807, 2.05) is 25.1 Å². The maximum Gasteiger partial charge on any atom is 0.336 e. The molecule has 0 bridgehead atoms. The van der Waals surface area contributed by atoms with Gasteiger partial charge in [0.15, 0.2) is 12.4 Å². The van der Waals surface area contributed by atoms with E-state index in [4.69, 9.17) is 9.15 Å². The van der Waals surface area contributed by atoms with Crippen LogP contribution in [0, 0.1) is 6.92 Å². The van der Waals surface area contributed by atoms with Crippen molar-refractivity contribution in [2.75, 3.05) is 6.61 Å². The van der Waals surface area contributed by atoms with E-state index < -0.39 is 0 Å². The minimum absolute atomic E-state index is 0.0612. The highest BCUT2D eigenvalue weighted by atomic mass is 16.5. The van der Waals surface area contributed by atoms with Gasteiger partial charge in [-0.25, -0.2) is 4.79 Å². The zero-order valence-corrected chi connectivity index (χ0v) is 15.1. The number of fused-ring (bicyclic) bond motifs is 1. The second kappa shape index (κ2) is 8.00. The molecule has 0 N–H and O–H groups in total. The topological polar surface area (TPSA) is 56.5 Å². The first-order valence-corrected chi connectivity index (χ1v) is 8.86. The Morgan fingerprint density at radius 3 is 2.58 bits per heavy atom. The van der Waals surface area contributed by atoms with Crippen molar-refractivity contribution in [1.82, 2.24) is 0 Å². The fraction of sp³-hybridized carbons (Fsp3) is 0.273. The van der Waals surface area contributed by atoms with Crippen molar-refractivity contribution in [2.24, 2.45) is 0 Å². The fourth-order valence-corrected chi connectivity index (χ4v) is 2.85. The molecule has 0 saturated carbocycles. The molecule has 0 saturated heterocycles. The maximum absolute atomic E-state index is 12.2. The standard InChI is InChI=1S/C22H22O4/c1-3-4-5-17-12-22(24)26-21-13-18(10-11-19(17)21)25-14-20(23)16-8-6-15(2)7-9-16/h6-13H,3-5,14H2,1-2H3. The molecule has 0 spiro atoms. The summed E-state index contributed by atoms with van der Waals surface area (Å²) in [5.74, 6) is 0.414. The summed E-state index contributed by atoms with van der Waals surface area (Å²) >= 11 is 0. The van der Waals surface area contributed by atoms with Crippen LogP contribution >= 0.6 is 0 Å². The highest BCUT2D eigenvalue weighted by molar-refractivity contribution is 5.97.